The van der Waals surface area contributed by atoms with Gasteiger partial charge in [0.1, 0.15) is 0 Å². The Hall–Kier alpha value is -0.870. The summed E-state index contributed by atoms with van der Waals surface area (Å²) < 4.78 is 0. The molecule has 0 saturated heterocycles. The molecule has 0 atom stereocenters. The molecule has 0 aromatic heterocycles. The molecule has 0 saturated carbocycles. The monoisotopic (exact) mass is 242 g/mol. The number of carboxylic acid groups (broad SMARTS) is 1. The number of hydrogen-bond donors (Lipinski definition) is 2. The molecule has 0 aliphatic heterocycles. The lowest BCUT2D eigenvalue weighted by atomic mass is 10.2. The molecule has 4 nitrogen and oxygen atoms in total. The molecule has 0 spiro atoms. The Morgan fingerprint density at radius 2 is 2.06 bits per heavy atom. The molecule has 0 rings (SSSR count). The lowest BCUT2D eigenvalue weighted by Crippen LogP contribution is -2.28. The third kappa shape index (κ3) is 10.0. The van der Waals surface area contributed by atoms with Gasteiger partial charge < -0.3 is 15.3 Å². The molecule has 100 valence electrons. The van der Waals surface area contributed by atoms with Crippen LogP contribution in [0.25, 0.3) is 0 Å². The predicted molar refractivity (Wildman–Crippen MR) is 71.3 cm³/mol. The van der Waals surface area contributed by atoms with Crippen molar-refractivity contribution in [2.45, 2.75) is 39.7 Å². The van der Waals surface area contributed by atoms with Crippen LogP contribution in [0.3, 0.4) is 0 Å². The summed E-state index contributed by atoms with van der Waals surface area (Å²) in [5.41, 5.74) is 0.858. The van der Waals surface area contributed by atoms with E-state index in [-0.39, 0.29) is 0 Å². The van der Waals surface area contributed by atoms with Crippen molar-refractivity contribution < 1.29 is 9.90 Å². The van der Waals surface area contributed by atoms with E-state index >= 15 is 0 Å². The summed E-state index contributed by atoms with van der Waals surface area (Å²) in [6, 6.07) is 0.601. The third-order valence-corrected chi connectivity index (χ3v) is 2.77. The normalized spacial score (nSPS) is 12.5. The van der Waals surface area contributed by atoms with E-state index in [4.69, 9.17) is 5.11 Å². The van der Waals surface area contributed by atoms with Gasteiger partial charge in [0.25, 0.3) is 0 Å². The number of rotatable bonds is 9. The minimum Gasteiger partial charge on any atom is -0.478 e. The lowest BCUT2D eigenvalue weighted by Gasteiger charge is -2.20. The number of aliphatic carboxylic acids is 1. The number of carboxylic acids is 1. The zero-order chi connectivity index (χ0) is 13.3. The Balaban J connectivity index is 3.44. The highest BCUT2D eigenvalue weighted by Crippen LogP contribution is 1.97. The molecule has 0 aromatic rings. The van der Waals surface area contributed by atoms with Gasteiger partial charge in [0.15, 0.2) is 0 Å². The number of carbonyl (C=O) groups is 1. The number of nitrogens with one attached hydrogen (secondary N) is 1. The molecule has 0 amide bonds. The fourth-order valence-corrected chi connectivity index (χ4v) is 1.42. The van der Waals surface area contributed by atoms with E-state index in [9.17, 15) is 4.79 Å². The quantitative estimate of drug-likeness (QED) is 0.477. The molecule has 0 aliphatic rings. The van der Waals surface area contributed by atoms with Crippen LogP contribution in [0.5, 0.6) is 0 Å². The smallest absolute Gasteiger partial charge is 0.328 e. The van der Waals surface area contributed by atoms with Crippen molar-refractivity contribution in [3.05, 3.63) is 11.6 Å². The van der Waals surface area contributed by atoms with E-state index in [0.717, 1.165) is 25.1 Å². The first-order valence-corrected chi connectivity index (χ1v) is 6.24. The van der Waals surface area contributed by atoms with Crippen molar-refractivity contribution in [1.82, 2.24) is 10.2 Å². The maximum Gasteiger partial charge on any atom is 0.328 e. The van der Waals surface area contributed by atoms with Gasteiger partial charge in [-0.1, -0.05) is 5.57 Å². The average molecular weight is 242 g/mol. The van der Waals surface area contributed by atoms with Gasteiger partial charge in [-0.2, -0.15) is 0 Å². The second-order valence-electron chi connectivity index (χ2n) is 4.79. The van der Waals surface area contributed by atoms with Crippen molar-refractivity contribution in [2.24, 2.45) is 0 Å². The molecule has 17 heavy (non-hydrogen) atoms. The molecule has 0 fully saturated rings. The number of nitrogens with zero attached hydrogens (tertiary/aromatic N) is 1. The van der Waals surface area contributed by atoms with E-state index in [2.05, 4.69) is 31.1 Å². The summed E-state index contributed by atoms with van der Waals surface area (Å²) in [5, 5.41) is 11.8. The van der Waals surface area contributed by atoms with Gasteiger partial charge in [-0.3, -0.25) is 0 Å². The molecular formula is C13H26N2O2. The largest absolute Gasteiger partial charge is 0.478 e. The summed E-state index contributed by atoms with van der Waals surface area (Å²) in [6.45, 7) is 8.93. The molecule has 2 N–H and O–H groups in total. The van der Waals surface area contributed by atoms with Crippen LogP contribution < -0.4 is 5.32 Å². The zero-order valence-electron chi connectivity index (χ0n) is 11.5. The van der Waals surface area contributed by atoms with E-state index in [0.29, 0.717) is 12.6 Å². The second-order valence-corrected chi connectivity index (χ2v) is 4.79. The van der Waals surface area contributed by atoms with E-state index in [1.165, 1.54) is 12.5 Å². The molecule has 0 bridgehead atoms. The molecule has 0 heterocycles. The molecule has 4 heteroatoms. The first-order chi connectivity index (χ1) is 7.93. The van der Waals surface area contributed by atoms with Gasteiger partial charge in [0.05, 0.1) is 0 Å². The van der Waals surface area contributed by atoms with Gasteiger partial charge in [-0.15, -0.1) is 0 Å². The van der Waals surface area contributed by atoms with E-state index in [1.54, 1.807) is 0 Å². The van der Waals surface area contributed by atoms with Crippen LogP contribution in [-0.4, -0.2) is 48.7 Å². The Labute approximate surface area is 105 Å². The van der Waals surface area contributed by atoms with Gasteiger partial charge in [0.2, 0.25) is 0 Å². The fraction of sp³-hybridized carbons (Fsp3) is 0.769. The highest BCUT2D eigenvalue weighted by Gasteiger charge is 2.01. The van der Waals surface area contributed by atoms with Gasteiger partial charge in [-0.25, -0.2) is 4.79 Å². The van der Waals surface area contributed by atoms with Crippen LogP contribution in [0.15, 0.2) is 11.6 Å². The van der Waals surface area contributed by atoms with Crippen LogP contribution >= 0.6 is 0 Å². The van der Waals surface area contributed by atoms with Crippen molar-refractivity contribution >= 4 is 5.97 Å². The van der Waals surface area contributed by atoms with Gasteiger partial charge in [0, 0.05) is 18.7 Å². The number of unbranched alkanes of at least 4 members (excludes halogenated alkanes) is 1. The van der Waals surface area contributed by atoms with Crippen LogP contribution in [0.1, 0.15) is 33.6 Å². The summed E-state index contributed by atoms with van der Waals surface area (Å²) in [6.07, 6.45) is 3.54. The molecular weight excluding hydrogens is 216 g/mol. The van der Waals surface area contributed by atoms with E-state index < -0.39 is 5.97 Å². The minimum absolute atomic E-state index is 0.601. The van der Waals surface area contributed by atoms with Crippen LogP contribution in [-0.2, 0) is 4.79 Å². The average Bonchev–Trinajstić information content (AvgIpc) is 2.21. The highest BCUT2D eigenvalue weighted by molar-refractivity contribution is 5.80. The standard InChI is InChI=1S/C13H26N2O2/c1-11(2)15(4)8-6-5-7-14-10-12(3)9-13(16)17/h9,11,14H,5-8,10H2,1-4H3,(H,16,17). The molecule has 0 unspecified atom stereocenters. The summed E-state index contributed by atoms with van der Waals surface area (Å²) >= 11 is 0. The van der Waals surface area contributed by atoms with Crippen LogP contribution in [0.4, 0.5) is 0 Å². The van der Waals surface area contributed by atoms with Crippen LogP contribution in [0.2, 0.25) is 0 Å². The highest BCUT2D eigenvalue weighted by atomic mass is 16.4. The van der Waals surface area contributed by atoms with E-state index in [1.807, 2.05) is 6.92 Å². The van der Waals surface area contributed by atoms with Crippen molar-refractivity contribution in [3.8, 4) is 0 Å². The summed E-state index contributed by atoms with van der Waals surface area (Å²) in [7, 11) is 2.14. The first kappa shape index (κ1) is 16.1. The predicted octanol–water partition coefficient (Wildman–Crippen LogP) is 1.73. The van der Waals surface area contributed by atoms with Crippen molar-refractivity contribution in [1.29, 1.82) is 0 Å². The fourth-order valence-electron chi connectivity index (χ4n) is 1.42. The van der Waals surface area contributed by atoms with Gasteiger partial charge >= 0.3 is 5.97 Å². The van der Waals surface area contributed by atoms with Gasteiger partial charge in [-0.05, 0) is 53.8 Å². The minimum atomic E-state index is -0.872. The maximum atomic E-state index is 10.4. The summed E-state index contributed by atoms with van der Waals surface area (Å²) in [5.74, 6) is -0.872. The zero-order valence-corrected chi connectivity index (χ0v) is 11.5. The number of hydrogen-bond acceptors (Lipinski definition) is 3. The molecule has 0 aromatic carbocycles. The Kier molecular flexibility index (Phi) is 8.72. The second kappa shape index (κ2) is 9.19. The Bertz CT molecular complexity index is 250. The lowest BCUT2D eigenvalue weighted by molar-refractivity contribution is -0.131. The molecule has 0 radical (unpaired) electrons. The summed E-state index contributed by atoms with van der Waals surface area (Å²) in [4.78, 5) is 12.7. The topological polar surface area (TPSA) is 52.6 Å². The molecule has 0 aliphatic carbocycles. The SMILES string of the molecule is CC(=CC(=O)O)CNCCCCN(C)C(C)C. The first-order valence-electron chi connectivity index (χ1n) is 6.24. The third-order valence-electron chi connectivity index (χ3n) is 2.77. The Morgan fingerprint density at radius 3 is 2.59 bits per heavy atom. The maximum absolute atomic E-state index is 10.4. The van der Waals surface area contributed by atoms with Crippen molar-refractivity contribution in [2.75, 3.05) is 26.7 Å². The Morgan fingerprint density at radius 1 is 1.41 bits per heavy atom. The van der Waals surface area contributed by atoms with Crippen molar-refractivity contribution in [3.63, 3.8) is 0 Å². The van der Waals surface area contributed by atoms with Crippen LogP contribution in [0, 0.1) is 0 Å².